The highest BCUT2D eigenvalue weighted by atomic mass is 19.4. The Morgan fingerprint density at radius 3 is 2.79 bits per heavy atom. The summed E-state index contributed by atoms with van der Waals surface area (Å²) in [6, 6.07) is 10.6. The fourth-order valence-corrected chi connectivity index (χ4v) is 3.46. The van der Waals surface area contributed by atoms with Gasteiger partial charge in [-0.05, 0) is 34.6 Å². The van der Waals surface area contributed by atoms with Gasteiger partial charge in [-0.15, -0.1) is 0 Å². The maximum Gasteiger partial charge on any atom is 0.422 e. The monoisotopic (exact) mass is 393 g/mol. The van der Waals surface area contributed by atoms with Crippen molar-refractivity contribution >= 4 is 6.03 Å². The van der Waals surface area contributed by atoms with Gasteiger partial charge in [-0.25, -0.2) is 9.78 Å². The second-order valence-electron chi connectivity index (χ2n) is 7.46. The number of aromatic nitrogens is 1. The van der Waals surface area contributed by atoms with Gasteiger partial charge >= 0.3 is 12.2 Å². The molecule has 1 atom stereocenters. The van der Waals surface area contributed by atoms with Crippen LogP contribution in [-0.2, 0) is 12.0 Å². The molecule has 0 radical (unpaired) electrons. The Hall–Kier alpha value is -2.77. The number of rotatable bonds is 5. The third-order valence-electron chi connectivity index (χ3n) is 4.72. The summed E-state index contributed by atoms with van der Waals surface area (Å²) >= 11 is 0. The molecule has 3 rings (SSSR count). The average Bonchev–Trinajstić information content (AvgIpc) is 2.89. The standard InChI is InChI=1S/C20H22F3N3O2/c1-19(2)10-16(14-5-3-4-6-15(14)19)26-18(27)25-11-13-7-8-24-17(9-13)28-12-20(21,22)23/h3-9,16H,10-12H2,1-2H3,(H2,25,26,27). The lowest BCUT2D eigenvalue weighted by Gasteiger charge is -2.19. The van der Waals surface area contributed by atoms with Crippen molar-refractivity contribution in [3.63, 3.8) is 0 Å². The second-order valence-corrected chi connectivity index (χ2v) is 7.46. The number of alkyl halides is 3. The molecule has 0 aliphatic heterocycles. The highest BCUT2D eigenvalue weighted by Gasteiger charge is 2.37. The number of ether oxygens (including phenoxy) is 1. The first-order valence-corrected chi connectivity index (χ1v) is 8.92. The lowest BCUT2D eigenvalue weighted by Crippen LogP contribution is -2.37. The van der Waals surface area contributed by atoms with Gasteiger partial charge in [0.15, 0.2) is 6.61 Å². The zero-order valence-corrected chi connectivity index (χ0v) is 15.6. The Balaban J connectivity index is 1.56. The zero-order valence-electron chi connectivity index (χ0n) is 15.6. The van der Waals surface area contributed by atoms with Gasteiger partial charge in [0.05, 0.1) is 6.04 Å². The Morgan fingerprint density at radius 1 is 1.29 bits per heavy atom. The molecule has 2 N–H and O–H groups in total. The van der Waals surface area contributed by atoms with Crippen molar-refractivity contribution in [3.05, 3.63) is 59.3 Å². The molecule has 0 saturated carbocycles. The number of nitrogens with one attached hydrogen (secondary N) is 2. The van der Waals surface area contributed by atoms with Crippen molar-refractivity contribution in [1.82, 2.24) is 15.6 Å². The predicted octanol–water partition coefficient (Wildman–Crippen LogP) is 4.24. The molecule has 0 saturated heterocycles. The minimum Gasteiger partial charge on any atom is -0.468 e. The van der Waals surface area contributed by atoms with Crippen LogP contribution in [0.1, 0.15) is 43.0 Å². The summed E-state index contributed by atoms with van der Waals surface area (Å²) in [6.07, 6.45) is -2.29. The van der Waals surface area contributed by atoms with E-state index in [1.54, 1.807) is 6.07 Å². The van der Waals surface area contributed by atoms with Crippen LogP contribution >= 0.6 is 0 Å². The van der Waals surface area contributed by atoms with E-state index in [0.717, 1.165) is 12.0 Å². The van der Waals surface area contributed by atoms with E-state index in [-0.39, 0.29) is 29.9 Å². The number of benzene rings is 1. The van der Waals surface area contributed by atoms with Crippen molar-refractivity contribution < 1.29 is 22.7 Å². The average molecular weight is 393 g/mol. The van der Waals surface area contributed by atoms with E-state index in [1.165, 1.54) is 17.8 Å². The van der Waals surface area contributed by atoms with Crippen molar-refractivity contribution in [1.29, 1.82) is 0 Å². The first-order chi connectivity index (χ1) is 13.1. The molecule has 2 aromatic rings. The number of pyridine rings is 1. The van der Waals surface area contributed by atoms with Gasteiger partial charge in [0, 0.05) is 18.8 Å². The lowest BCUT2D eigenvalue weighted by atomic mass is 9.86. The molecule has 1 aromatic carbocycles. The van der Waals surface area contributed by atoms with Gasteiger partial charge in [0.2, 0.25) is 5.88 Å². The van der Waals surface area contributed by atoms with Crippen LogP contribution in [0.2, 0.25) is 0 Å². The molecular weight excluding hydrogens is 371 g/mol. The van der Waals surface area contributed by atoms with Gasteiger partial charge in [0.25, 0.3) is 0 Å². The Kier molecular flexibility index (Phi) is 5.49. The summed E-state index contributed by atoms with van der Waals surface area (Å²) in [4.78, 5) is 16.1. The van der Waals surface area contributed by atoms with Gasteiger partial charge < -0.3 is 15.4 Å². The number of amides is 2. The largest absolute Gasteiger partial charge is 0.468 e. The number of nitrogens with zero attached hydrogens (tertiary/aromatic N) is 1. The van der Waals surface area contributed by atoms with Crippen LogP contribution in [0.25, 0.3) is 0 Å². The van der Waals surface area contributed by atoms with Gasteiger partial charge in [0.1, 0.15) is 0 Å². The molecule has 1 aliphatic carbocycles. The number of carbonyl (C=O) groups is 1. The number of carbonyl (C=O) groups excluding carboxylic acids is 1. The molecule has 2 amide bonds. The summed E-state index contributed by atoms with van der Waals surface area (Å²) in [5, 5.41) is 5.70. The van der Waals surface area contributed by atoms with Crippen LogP contribution in [0, 0.1) is 0 Å². The quantitative estimate of drug-likeness (QED) is 0.799. The Bertz CT molecular complexity index is 853. The van der Waals surface area contributed by atoms with Gasteiger partial charge in [-0.2, -0.15) is 13.2 Å². The van der Waals surface area contributed by atoms with E-state index in [0.29, 0.717) is 5.56 Å². The molecule has 8 heteroatoms. The number of fused-ring (bicyclic) bond motifs is 1. The molecule has 0 bridgehead atoms. The van der Waals surface area contributed by atoms with Crippen LogP contribution in [0.5, 0.6) is 5.88 Å². The minimum absolute atomic E-state index is 0.0234. The summed E-state index contributed by atoms with van der Waals surface area (Å²) in [5.41, 5.74) is 2.90. The fraction of sp³-hybridized carbons (Fsp3) is 0.400. The Morgan fingerprint density at radius 2 is 2.04 bits per heavy atom. The van der Waals surface area contributed by atoms with E-state index < -0.39 is 12.8 Å². The molecule has 1 heterocycles. The number of hydrogen-bond acceptors (Lipinski definition) is 3. The third kappa shape index (κ3) is 4.94. The first kappa shape index (κ1) is 20.0. The van der Waals surface area contributed by atoms with E-state index in [4.69, 9.17) is 0 Å². The van der Waals surface area contributed by atoms with Crippen molar-refractivity contribution in [2.75, 3.05) is 6.61 Å². The van der Waals surface area contributed by atoms with Crippen molar-refractivity contribution in [2.45, 2.75) is 44.4 Å². The second kappa shape index (κ2) is 7.69. The maximum atomic E-state index is 12.3. The van der Waals surface area contributed by atoms with E-state index in [2.05, 4.69) is 40.3 Å². The highest BCUT2D eigenvalue weighted by molar-refractivity contribution is 5.74. The molecular formula is C20H22F3N3O2. The number of halogens is 3. The van der Waals surface area contributed by atoms with Crippen LogP contribution in [-0.4, -0.2) is 23.8 Å². The molecule has 1 unspecified atom stereocenters. The van der Waals surface area contributed by atoms with E-state index >= 15 is 0 Å². The van der Waals surface area contributed by atoms with Crippen LogP contribution < -0.4 is 15.4 Å². The SMILES string of the molecule is CC1(C)CC(NC(=O)NCc2ccnc(OCC(F)(F)F)c2)c2ccccc21. The molecule has 5 nitrogen and oxygen atoms in total. The predicted molar refractivity (Wildman–Crippen MR) is 98.0 cm³/mol. The Labute approximate surface area is 161 Å². The molecule has 1 aromatic heterocycles. The van der Waals surface area contributed by atoms with E-state index in [9.17, 15) is 18.0 Å². The minimum atomic E-state index is -4.43. The van der Waals surface area contributed by atoms with Crippen LogP contribution in [0.15, 0.2) is 42.6 Å². The third-order valence-corrected chi connectivity index (χ3v) is 4.72. The van der Waals surface area contributed by atoms with Gasteiger partial charge in [-0.1, -0.05) is 38.1 Å². The zero-order chi connectivity index (χ0) is 20.4. The van der Waals surface area contributed by atoms with Crippen molar-refractivity contribution in [2.24, 2.45) is 0 Å². The molecule has 0 spiro atoms. The molecule has 28 heavy (non-hydrogen) atoms. The molecule has 150 valence electrons. The van der Waals surface area contributed by atoms with Crippen molar-refractivity contribution in [3.8, 4) is 5.88 Å². The topological polar surface area (TPSA) is 63.2 Å². The van der Waals surface area contributed by atoms with Crippen LogP contribution in [0.4, 0.5) is 18.0 Å². The first-order valence-electron chi connectivity index (χ1n) is 8.92. The summed E-state index contributed by atoms with van der Waals surface area (Å²) < 4.78 is 41.3. The molecule has 1 aliphatic rings. The lowest BCUT2D eigenvalue weighted by molar-refractivity contribution is -0.154. The summed E-state index contributed by atoms with van der Waals surface area (Å²) in [7, 11) is 0. The molecule has 0 fully saturated rings. The highest BCUT2D eigenvalue weighted by Crippen LogP contribution is 2.44. The number of hydrogen-bond donors (Lipinski definition) is 2. The summed E-state index contributed by atoms with van der Waals surface area (Å²) in [5.74, 6) is -0.136. The van der Waals surface area contributed by atoms with Crippen LogP contribution in [0.3, 0.4) is 0 Å². The smallest absolute Gasteiger partial charge is 0.422 e. The van der Waals surface area contributed by atoms with E-state index in [1.807, 2.05) is 18.2 Å². The van der Waals surface area contributed by atoms with Gasteiger partial charge in [-0.3, -0.25) is 0 Å². The number of urea groups is 1. The summed E-state index contributed by atoms with van der Waals surface area (Å²) in [6.45, 7) is 3.03. The normalized spacial score (nSPS) is 17.7. The fourth-order valence-electron chi connectivity index (χ4n) is 3.46. The maximum absolute atomic E-state index is 12.3.